The molecule has 2 rings (SSSR count). The maximum atomic E-state index is 11.3. The number of aldehydes is 1. The van der Waals surface area contributed by atoms with E-state index in [1.165, 1.54) is 18.7 Å². The van der Waals surface area contributed by atoms with Crippen molar-refractivity contribution in [2.24, 2.45) is 5.92 Å². The molecule has 0 spiro atoms. The molecule has 1 aliphatic rings. The van der Waals surface area contributed by atoms with Crippen LogP contribution in [0.5, 0.6) is 0 Å². The van der Waals surface area contributed by atoms with Crippen LogP contribution in [0.25, 0.3) is 0 Å². The fraction of sp³-hybridized carbons (Fsp3) is 0.632. The first-order valence-electron chi connectivity index (χ1n) is 8.57. The minimum Gasteiger partial charge on any atom is -0.369 e. The Bertz CT molecular complexity index is 488. The number of hydrogen-bond acceptors (Lipinski definition) is 3. The number of anilines is 1. The van der Waals surface area contributed by atoms with E-state index in [1.54, 1.807) is 0 Å². The van der Waals surface area contributed by atoms with Gasteiger partial charge in [0, 0.05) is 37.4 Å². The fourth-order valence-corrected chi connectivity index (χ4v) is 3.06. The van der Waals surface area contributed by atoms with E-state index in [2.05, 4.69) is 55.7 Å². The van der Waals surface area contributed by atoms with Gasteiger partial charge in [-0.2, -0.15) is 0 Å². The molecule has 0 atom stereocenters. The van der Waals surface area contributed by atoms with Gasteiger partial charge in [-0.25, -0.2) is 0 Å². The number of benzene rings is 1. The highest BCUT2D eigenvalue weighted by Gasteiger charge is 2.18. The van der Waals surface area contributed by atoms with Gasteiger partial charge in [-0.1, -0.05) is 33.8 Å². The summed E-state index contributed by atoms with van der Waals surface area (Å²) in [5, 5.41) is 0. The standard InChI is InChI=1S/C19H30N2O/c1-15(2)7-8-20-9-11-21(12-10-20)18-5-6-19(16(3)4)17(13-18)14-22/h5-6,13-16H,7-12H2,1-4H3. The lowest BCUT2D eigenvalue weighted by Gasteiger charge is -2.36. The lowest BCUT2D eigenvalue weighted by molar-refractivity contribution is 0.112. The Labute approximate surface area is 135 Å². The zero-order valence-corrected chi connectivity index (χ0v) is 14.5. The number of nitrogens with zero attached hydrogens (tertiary/aromatic N) is 2. The van der Waals surface area contributed by atoms with Crippen LogP contribution < -0.4 is 4.90 Å². The van der Waals surface area contributed by atoms with Crippen molar-refractivity contribution in [2.45, 2.75) is 40.0 Å². The molecule has 0 amide bonds. The van der Waals surface area contributed by atoms with Gasteiger partial charge in [0.05, 0.1) is 0 Å². The third-order valence-electron chi connectivity index (χ3n) is 4.58. The van der Waals surface area contributed by atoms with Gasteiger partial charge in [-0.3, -0.25) is 9.69 Å². The average Bonchev–Trinajstić information content (AvgIpc) is 2.52. The smallest absolute Gasteiger partial charge is 0.150 e. The van der Waals surface area contributed by atoms with Crippen molar-refractivity contribution in [1.29, 1.82) is 0 Å². The second kappa shape index (κ2) is 7.77. The minimum atomic E-state index is 0.391. The second-order valence-corrected chi connectivity index (χ2v) is 7.10. The Hall–Kier alpha value is -1.35. The number of hydrogen-bond donors (Lipinski definition) is 0. The Kier molecular flexibility index (Phi) is 6.01. The van der Waals surface area contributed by atoms with Gasteiger partial charge in [0.2, 0.25) is 0 Å². The third kappa shape index (κ3) is 4.33. The first-order chi connectivity index (χ1) is 10.5. The van der Waals surface area contributed by atoms with E-state index >= 15 is 0 Å². The number of rotatable bonds is 6. The highest BCUT2D eigenvalue weighted by atomic mass is 16.1. The summed E-state index contributed by atoms with van der Waals surface area (Å²) in [6.45, 7) is 14.4. The monoisotopic (exact) mass is 302 g/mol. The van der Waals surface area contributed by atoms with E-state index in [4.69, 9.17) is 0 Å². The van der Waals surface area contributed by atoms with Crippen LogP contribution in [-0.2, 0) is 0 Å². The maximum Gasteiger partial charge on any atom is 0.150 e. The molecule has 1 aromatic rings. The van der Waals surface area contributed by atoms with Crippen LogP contribution in [0.3, 0.4) is 0 Å². The van der Waals surface area contributed by atoms with E-state index in [0.29, 0.717) is 5.92 Å². The molecule has 0 unspecified atom stereocenters. The molecule has 0 saturated carbocycles. The van der Waals surface area contributed by atoms with Crippen molar-refractivity contribution in [3.05, 3.63) is 29.3 Å². The number of carbonyl (C=O) groups excluding carboxylic acids is 1. The summed E-state index contributed by atoms with van der Waals surface area (Å²) in [4.78, 5) is 16.3. The van der Waals surface area contributed by atoms with Crippen LogP contribution in [0.4, 0.5) is 5.69 Å². The lowest BCUT2D eigenvalue weighted by Crippen LogP contribution is -2.46. The van der Waals surface area contributed by atoms with Crippen molar-refractivity contribution in [3.63, 3.8) is 0 Å². The predicted octanol–water partition coefficient (Wildman–Crippen LogP) is 3.79. The summed E-state index contributed by atoms with van der Waals surface area (Å²) in [6.07, 6.45) is 2.27. The predicted molar refractivity (Wildman–Crippen MR) is 94.0 cm³/mol. The van der Waals surface area contributed by atoms with Crippen molar-refractivity contribution in [1.82, 2.24) is 4.90 Å². The van der Waals surface area contributed by atoms with Gasteiger partial charge >= 0.3 is 0 Å². The van der Waals surface area contributed by atoms with E-state index in [9.17, 15) is 4.79 Å². The molecular weight excluding hydrogens is 272 g/mol. The Morgan fingerprint density at radius 2 is 1.77 bits per heavy atom. The number of carbonyl (C=O) groups is 1. The first kappa shape index (κ1) is 17.0. The Morgan fingerprint density at radius 3 is 2.32 bits per heavy atom. The Balaban J connectivity index is 1.98. The molecule has 122 valence electrons. The van der Waals surface area contributed by atoms with Crippen LogP contribution in [0.1, 0.15) is 56.0 Å². The largest absolute Gasteiger partial charge is 0.369 e. The molecule has 1 aliphatic heterocycles. The quantitative estimate of drug-likeness (QED) is 0.747. The van der Waals surface area contributed by atoms with E-state index < -0.39 is 0 Å². The summed E-state index contributed by atoms with van der Waals surface area (Å²) >= 11 is 0. The van der Waals surface area contributed by atoms with Crippen molar-refractivity contribution < 1.29 is 4.79 Å². The van der Waals surface area contributed by atoms with Gasteiger partial charge in [0.1, 0.15) is 6.29 Å². The first-order valence-corrected chi connectivity index (χ1v) is 8.57. The highest BCUT2D eigenvalue weighted by Crippen LogP contribution is 2.25. The lowest BCUT2D eigenvalue weighted by atomic mass is 9.97. The third-order valence-corrected chi connectivity index (χ3v) is 4.58. The van der Waals surface area contributed by atoms with E-state index in [1.807, 2.05) is 0 Å². The average molecular weight is 302 g/mol. The normalized spacial score (nSPS) is 16.5. The van der Waals surface area contributed by atoms with Gasteiger partial charge in [0.25, 0.3) is 0 Å². The molecule has 3 heteroatoms. The molecule has 1 heterocycles. The van der Waals surface area contributed by atoms with Crippen molar-refractivity contribution >= 4 is 12.0 Å². The SMILES string of the molecule is CC(C)CCN1CCN(c2ccc(C(C)C)c(C=O)c2)CC1. The molecule has 1 aromatic carbocycles. The van der Waals surface area contributed by atoms with Crippen LogP contribution in [0.15, 0.2) is 18.2 Å². The molecule has 0 aliphatic carbocycles. The molecule has 0 aromatic heterocycles. The second-order valence-electron chi connectivity index (χ2n) is 7.10. The highest BCUT2D eigenvalue weighted by molar-refractivity contribution is 5.80. The van der Waals surface area contributed by atoms with Crippen LogP contribution in [0, 0.1) is 5.92 Å². The molecule has 1 saturated heterocycles. The van der Waals surface area contributed by atoms with Crippen LogP contribution >= 0.6 is 0 Å². The fourth-order valence-electron chi connectivity index (χ4n) is 3.06. The summed E-state index contributed by atoms with van der Waals surface area (Å²) in [5.41, 5.74) is 3.18. The summed E-state index contributed by atoms with van der Waals surface area (Å²) in [7, 11) is 0. The molecule has 0 bridgehead atoms. The van der Waals surface area contributed by atoms with Gasteiger partial charge < -0.3 is 4.90 Å². The van der Waals surface area contributed by atoms with Crippen LogP contribution in [-0.4, -0.2) is 43.9 Å². The van der Waals surface area contributed by atoms with Gasteiger partial charge in [-0.05, 0) is 42.5 Å². The van der Waals surface area contributed by atoms with E-state index in [0.717, 1.165) is 49.5 Å². The van der Waals surface area contributed by atoms with Crippen molar-refractivity contribution in [2.75, 3.05) is 37.6 Å². The molecular formula is C19H30N2O. The molecule has 22 heavy (non-hydrogen) atoms. The summed E-state index contributed by atoms with van der Waals surface area (Å²) < 4.78 is 0. The Morgan fingerprint density at radius 1 is 1.09 bits per heavy atom. The molecule has 0 radical (unpaired) electrons. The number of piperazine rings is 1. The summed E-state index contributed by atoms with van der Waals surface area (Å²) in [5.74, 6) is 1.17. The van der Waals surface area contributed by atoms with Gasteiger partial charge in [0.15, 0.2) is 0 Å². The van der Waals surface area contributed by atoms with Gasteiger partial charge in [-0.15, -0.1) is 0 Å². The molecule has 3 nitrogen and oxygen atoms in total. The van der Waals surface area contributed by atoms with Crippen LogP contribution in [0.2, 0.25) is 0 Å². The topological polar surface area (TPSA) is 23.6 Å². The zero-order chi connectivity index (χ0) is 16.1. The minimum absolute atomic E-state index is 0.391. The molecule has 0 N–H and O–H groups in total. The molecule has 1 fully saturated rings. The maximum absolute atomic E-state index is 11.3. The summed E-state index contributed by atoms with van der Waals surface area (Å²) in [6, 6.07) is 6.35. The van der Waals surface area contributed by atoms with E-state index in [-0.39, 0.29) is 0 Å². The van der Waals surface area contributed by atoms with Crippen molar-refractivity contribution in [3.8, 4) is 0 Å². The zero-order valence-electron chi connectivity index (χ0n) is 14.5.